The Morgan fingerprint density at radius 3 is 3.40 bits per heavy atom. The Balaban J connectivity index is 2.40. The molecule has 0 radical (unpaired) electrons. The van der Waals surface area contributed by atoms with E-state index in [-0.39, 0.29) is 0 Å². The molecule has 0 N–H and O–H groups in total. The molecule has 0 aromatic carbocycles. The summed E-state index contributed by atoms with van der Waals surface area (Å²) in [5.41, 5.74) is 0.799. The summed E-state index contributed by atoms with van der Waals surface area (Å²) in [7, 11) is 0. The largest absolute Gasteiger partial charge is 0.396 e. The fourth-order valence-electron chi connectivity index (χ4n) is 0.449. The van der Waals surface area contributed by atoms with Gasteiger partial charge in [0.15, 0.2) is 0 Å². The molecule has 0 bridgehead atoms. The third-order valence-corrected chi connectivity index (χ3v) is 0.857. The van der Waals surface area contributed by atoms with E-state index in [1.165, 1.54) is 6.26 Å². The average molecular weight is 140 g/mol. The third kappa shape index (κ3) is 1.89. The second kappa shape index (κ2) is 3.66. The number of rotatable bonds is 3. The summed E-state index contributed by atoms with van der Waals surface area (Å²) in [5.74, 6) is 0. The van der Waals surface area contributed by atoms with Gasteiger partial charge in [-0.2, -0.15) is 0 Å². The van der Waals surface area contributed by atoms with E-state index in [0.29, 0.717) is 6.61 Å². The van der Waals surface area contributed by atoms with Crippen molar-refractivity contribution in [3.8, 4) is 0 Å². The van der Waals surface area contributed by atoms with Crippen LogP contribution in [0.1, 0.15) is 12.5 Å². The molecular formula is C6H8N2O2. The van der Waals surface area contributed by atoms with E-state index >= 15 is 0 Å². The minimum Gasteiger partial charge on any atom is -0.396 e. The first kappa shape index (κ1) is 6.80. The summed E-state index contributed by atoms with van der Waals surface area (Å²) in [6.45, 7) is 2.44. The minimum absolute atomic E-state index is 0.571. The van der Waals surface area contributed by atoms with Crippen molar-refractivity contribution in [2.45, 2.75) is 6.92 Å². The van der Waals surface area contributed by atoms with Crippen LogP contribution in [0.5, 0.6) is 0 Å². The predicted molar refractivity (Wildman–Crippen MR) is 35.7 cm³/mol. The van der Waals surface area contributed by atoms with Crippen LogP contribution in [0.25, 0.3) is 0 Å². The molecule has 1 rings (SSSR count). The topological polar surface area (TPSA) is 47.6 Å². The molecule has 1 aromatic rings. The Labute approximate surface area is 58.5 Å². The lowest BCUT2D eigenvalue weighted by atomic mass is 10.4. The molecule has 54 valence electrons. The average Bonchev–Trinajstić information content (AvgIpc) is 2.41. The summed E-state index contributed by atoms with van der Waals surface area (Å²) in [5, 5.41) is 7.09. The normalized spacial score (nSPS) is 10.5. The highest BCUT2D eigenvalue weighted by atomic mass is 16.6. The summed E-state index contributed by atoms with van der Waals surface area (Å²) < 4.78 is 4.55. The van der Waals surface area contributed by atoms with Gasteiger partial charge in [0, 0.05) is 0 Å². The van der Waals surface area contributed by atoms with Gasteiger partial charge in [-0.15, -0.1) is 0 Å². The van der Waals surface area contributed by atoms with Gasteiger partial charge in [0.25, 0.3) is 0 Å². The van der Waals surface area contributed by atoms with E-state index in [2.05, 4.69) is 14.8 Å². The van der Waals surface area contributed by atoms with E-state index in [0.717, 1.165) is 5.56 Å². The lowest BCUT2D eigenvalue weighted by Crippen LogP contribution is -1.80. The van der Waals surface area contributed by atoms with Gasteiger partial charge in [-0.3, -0.25) is 0 Å². The van der Waals surface area contributed by atoms with Crippen LogP contribution in [-0.4, -0.2) is 18.0 Å². The van der Waals surface area contributed by atoms with Crippen molar-refractivity contribution >= 4 is 6.21 Å². The molecule has 4 nitrogen and oxygen atoms in total. The molecule has 0 fully saturated rings. The first-order chi connectivity index (χ1) is 4.93. The maximum Gasteiger partial charge on any atom is 0.132 e. The molecule has 0 aliphatic carbocycles. The molecule has 1 heterocycles. The zero-order valence-electron chi connectivity index (χ0n) is 5.65. The van der Waals surface area contributed by atoms with Gasteiger partial charge in [0.05, 0.1) is 18.0 Å². The second-order valence-corrected chi connectivity index (χ2v) is 1.61. The van der Waals surface area contributed by atoms with Gasteiger partial charge < -0.3 is 9.36 Å². The van der Waals surface area contributed by atoms with E-state index in [1.54, 1.807) is 12.4 Å². The number of oxime groups is 1. The Bertz CT molecular complexity index is 194. The quantitative estimate of drug-likeness (QED) is 0.465. The van der Waals surface area contributed by atoms with Gasteiger partial charge in [-0.1, -0.05) is 10.3 Å². The van der Waals surface area contributed by atoms with Crippen LogP contribution in [-0.2, 0) is 4.84 Å². The highest BCUT2D eigenvalue weighted by molar-refractivity contribution is 5.77. The van der Waals surface area contributed by atoms with E-state index in [4.69, 9.17) is 4.84 Å². The van der Waals surface area contributed by atoms with Gasteiger partial charge in [-0.25, -0.2) is 0 Å². The van der Waals surface area contributed by atoms with Crippen LogP contribution in [0.2, 0.25) is 0 Å². The van der Waals surface area contributed by atoms with Gasteiger partial charge in [0.2, 0.25) is 0 Å². The summed E-state index contributed by atoms with van der Waals surface area (Å²) in [6.07, 6.45) is 4.59. The van der Waals surface area contributed by atoms with Gasteiger partial charge >= 0.3 is 0 Å². The van der Waals surface area contributed by atoms with Crippen molar-refractivity contribution in [2.75, 3.05) is 6.61 Å². The highest BCUT2D eigenvalue weighted by Crippen LogP contribution is 1.90. The number of hydrogen-bond donors (Lipinski definition) is 0. The molecule has 0 amide bonds. The lowest BCUT2D eigenvalue weighted by molar-refractivity contribution is 0.160. The highest BCUT2D eigenvalue weighted by Gasteiger charge is 1.87. The Morgan fingerprint density at radius 2 is 2.80 bits per heavy atom. The monoisotopic (exact) mass is 140 g/mol. The smallest absolute Gasteiger partial charge is 0.132 e. The zero-order chi connectivity index (χ0) is 7.23. The maximum atomic E-state index is 4.71. The number of hydrogen-bond acceptors (Lipinski definition) is 4. The standard InChI is InChI=1S/C6H8N2O2/c1-2-9-7-3-6-4-8-10-5-6/h3-5H,2H2,1H3. The van der Waals surface area contributed by atoms with E-state index in [1.807, 2.05) is 6.92 Å². The van der Waals surface area contributed by atoms with Crippen LogP contribution in [0.4, 0.5) is 0 Å². The third-order valence-electron chi connectivity index (χ3n) is 0.857. The van der Waals surface area contributed by atoms with E-state index in [9.17, 15) is 0 Å². The molecule has 0 atom stereocenters. The zero-order valence-corrected chi connectivity index (χ0v) is 5.65. The van der Waals surface area contributed by atoms with Crippen molar-refractivity contribution in [1.29, 1.82) is 0 Å². The SMILES string of the molecule is CCON=Cc1cnoc1. The first-order valence-corrected chi connectivity index (χ1v) is 2.98. The van der Waals surface area contributed by atoms with E-state index < -0.39 is 0 Å². The van der Waals surface area contributed by atoms with Gasteiger partial charge in [-0.05, 0) is 6.92 Å². The molecule has 0 aliphatic rings. The summed E-state index contributed by atoms with van der Waals surface area (Å²) in [6, 6.07) is 0. The minimum atomic E-state index is 0.571. The Morgan fingerprint density at radius 1 is 1.90 bits per heavy atom. The fourth-order valence-corrected chi connectivity index (χ4v) is 0.449. The van der Waals surface area contributed by atoms with Crippen molar-refractivity contribution in [3.63, 3.8) is 0 Å². The molecule has 4 heteroatoms. The first-order valence-electron chi connectivity index (χ1n) is 2.98. The molecule has 0 spiro atoms. The second-order valence-electron chi connectivity index (χ2n) is 1.61. The van der Waals surface area contributed by atoms with Crippen molar-refractivity contribution < 1.29 is 9.36 Å². The summed E-state index contributed by atoms with van der Waals surface area (Å²) in [4.78, 5) is 4.71. The molecule has 0 unspecified atom stereocenters. The number of nitrogens with zero attached hydrogens (tertiary/aromatic N) is 2. The Hall–Kier alpha value is -1.32. The van der Waals surface area contributed by atoms with Crippen LogP contribution >= 0.6 is 0 Å². The fraction of sp³-hybridized carbons (Fsp3) is 0.333. The maximum absolute atomic E-state index is 4.71. The van der Waals surface area contributed by atoms with Crippen LogP contribution in [0.3, 0.4) is 0 Å². The van der Waals surface area contributed by atoms with Crippen LogP contribution in [0, 0.1) is 0 Å². The van der Waals surface area contributed by atoms with Crippen molar-refractivity contribution in [3.05, 3.63) is 18.0 Å². The Kier molecular flexibility index (Phi) is 2.49. The van der Waals surface area contributed by atoms with Crippen molar-refractivity contribution in [2.24, 2.45) is 5.16 Å². The van der Waals surface area contributed by atoms with Gasteiger partial charge in [0.1, 0.15) is 12.9 Å². The van der Waals surface area contributed by atoms with Crippen molar-refractivity contribution in [1.82, 2.24) is 5.16 Å². The summed E-state index contributed by atoms with van der Waals surface area (Å²) >= 11 is 0. The molecule has 1 aromatic heterocycles. The molecule has 0 saturated carbocycles. The molecule has 0 saturated heterocycles. The van der Waals surface area contributed by atoms with Crippen LogP contribution in [0.15, 0.2) is 22.1 Å². The number of aromatic nitrogens is 1. The van der Waals surface area contributed by atoms with Crippen LogP contribution < -0.4 is 0 Å². The molecule has 10 heavy (non-hydrogen) atoms. The molecule has 0 aliphatic heterocycles. The molecular weight excluding hydrogens is 132 g/mol. The lowest BCUT2D eigenvalue weighted by Gasteiger charge is -1.86. The predicted octanol–water partition coefficient (Wildman–Crippen LogP) is 1.04.